The molecular formula is C19H32INO2. The van der Waals surface area contributed by atoms with Gasteiger partial charge in [-0.25, -0.2) is 0 Å². The van der Waals surface area contributed by atoms with Crippen molar-refractivity contribution in [1.29, 1.82) is 0 Å². The van der Waals surface area contributed by atoms with E-state index < -0.39 is 6.10 Å². The predicted molar refractivity (Wildman–Crippen MR) is 91.3 cm³/mol. The topological polar surface area (TPSA) is 29.5 Å². The van der Waals surface area contributed by atoms with Crippen LogP contribution in [-0.2, 0) is 5.41 Å². The van der Waals surface area contributed by atoms with E-state index in [9.17, 15) is 5.11 Å². The maximum absolute atomic E-state index is 10.3. The third-order valence-corrected chi connectivity index (χ3v) is 4.71. The van der Waals surface area contributed by atoms with Crippen molar-refractivity contribution in [2.45, 2.75) is 51.6 Å². The lowest BCUT2D eigenvalue weighted by Crippen LogP contribution is -3.00. The third-order valence-electron chi connectivity index (χ3n) is 4.71. The maximum Gasteiger partial charge on any atom is 0.137 e. The number of ether oxygens (including phenoxy) is 1. The summed E-state index contributed by atoms with van der Waals surface area (Å²) < 4.78 is 6.74. The van der Waals surface area contributed by atoms with Gasteiger partial charge in [-0.1, -0.05) is 32.9 Å². The Hall–Kier alpha value is -0.330. The number of rotatable bonds is 5. The molecule has 1 atom stereocenters. The fourth-order valence-electron chi connectivity index (χ4n) is 3.26. The molecule has 0 saturated carbocycles. The van der Waals surface area contributed by atoms with E-state index in [1.807, 2.05) is 12.1 Å². The first-order valence-electron chi connectivity index (χ1n) is 8.53. The average Bonchev–Trinajstić information content (AvgIpc) is 2.45. The molecule has 0 bridgehead atoms. The maximum atomic E-state index is 10.3. The summed E-state index contributed by atoms with van der Waals surface area (Å²) in [5.41, 5.74) is 1.46. The molecule has 1 N–H and O–H groups in total. The minimum atomic E-state index is -0.398. The standard InChI is InChI=1S/C19H32NO2.HI/c1-19(2,3)16-8-10-18(11-9-16)22-15-17(21)14-20(4)12-6-5-7-13-20;/h8-11,17,21H,5-7,12-15H2,1-4H3;1H/q+1;/p-1. The summed E-state index contributed by atoms with van der Waals surface area (Å²) in [6, 6.07) is 8.23. The Labute approximate surface area is 158 Å². The van der Waals surface area contributed by atoms with Crippen LogP contribution in [0.2, 0.25) is 0 Å². The lowest BCUT2D eigenvalue weighted by Gasteiger charge is -2.39. The zero-order valence-corrected chi connectivity index (χ0v) is 17.2. The van der Waals surface area contributed by atoms with Crippen LogP contribution in [0.15, 0.2) is 24.3 Å². The number of piperidine rings is 1. The van der Waals surface area contributed by atoms with E-state index in [0.29, 0.717) is 6.61 Å². The molecule has 1 heterocycles. The van der Waals surface area contributed by atoms with Crippen molar-refractivity contribution in [1.82, 2.24) is 0 Å². The van der Waals surface area contributed by atoms with Crippen molar-refractivity contribution in [2.75, 3.05) is 33.3 Å². The molecule has 1 aromatic rings. The second-order valence-corrected chi connectivity index (χ2v) is 8.05. The molecule has 0 aromatic heterocycles. The lowest BCUT2D eigenvalue weighted by atomic mass is 9.87. The summed E-state index contributed by atoms with van der Waals surface area (Å²) in [6.45, 7) is 10.1. The smallest absolute Gasteiger partial charge is 0.137 e. The number of likely N-dealkylation sites (tertiary alicyclic amines) is 1. The number of benzene rings is 1. The highest BCUT2D eigenvalue weighted by atomic mass is 127. The van der Waals surface area contributed by atoms with Crippen molar-refractivity contribution in [3.63, 3.8) is 0 Å². The van der Waals surface area contributed by atoms with E-state index in [1.165, 1.54) is 37.9 Å². The first-order valence-corrected chi connectivity index (χ1v) is 8.53. The Balaban J connectivity index is 0.00000264. The molecular weight excluding hydrogens is 401 g/mol. The van der Waals surface area contributed by atoms with Crippen LogP contribution in [-0.4, -0.2) is 49.0 Å². The van der Waals surface area contributed by atoms with Gasteiger partial charge in [-0.15, -0.1) is 0 Å². The summed E-state index contributed by atoms with van der Waals surface area (Å²) in [4.78, 5) is 0. The van der Waals surface area contributed by atoms with Gasteiger partial charge in [-0.05, 0) is 42.4 Å². The molecule has 0 amide bonds. The number of quaternary nitrogens is 1. The fourth-order valence-corrected chi connectivity index (χ4v) is 3.26. The lowest BCUT2D eigenvalue weighted by molar-refractivity contribution is -0.916. The Kier molecular flexibility index (Phi) is 7.81. The largest absolute Gasteiger partial charge is 1.00 e. The molecule has 2 rings (SSSR count). The van der Waals surface area contributed by atoms with Gasteiger partial charge in [0.05, 0.1) is 20.1 Å². The summed E-state index contributed by atoms with van der Waals surface area (Å²) >= 11 is 0. The highest BCUT2D eigenvalue weighted by Gasteiger charge is 2.27. The van der Waals surface area contributed by atoms with E-state index >= 15 is 0 Å². The Morgan fingerprint density at radius 1 is 1.09 bits per heavy atom. The number of hydrogen-bond donors (Lipinski definition) is 1. The van der Waals surface area contributed by atoms with E-state index in [-0.39, 0.29) is 29.4 Å². The van der Waals surface area contributed by atoms with Crippen LogP contribution < -0.4 is 28.7 Å². The average molecular weight is 433 g/mol. The predicted octanol–water partition coefficient (Wildman–Crippen LogP) is 0.358. The van der Waals surface area contributed by atoms with Crippen LogP contribution in [0.3, 0.4) is 0 Å². The molecule has 1 aromatic carbocycles. The highest BCUT2D eigenvalue weighted by molar-refractivity contribution is 5.31. The second kappa shape index (κ2) is 8.67. The van der Waals surface area contributed by atoms with Crippen molar-refractivity contribution in [3.8, 4) is 5.75 Å². The van der Waals surface area contributed by atoms with E-state index in [0.717, 1.165) is 16.8 Å². The van der Waals surface area contributed by atoms with E-state index in [4.69, 9.17) is 4.74 Å². The molecule has 1 saturated heterocycles. The molecule has 4 heteroatoms. The first kappa shape index (κ1) is 20.7. The summed E-state index contributed by atoms with van der Waals surface area (Å²) in [7, 11) is 2.25. The van der Waals surface area contributed by atoms with Crippen molar-refractivity contribution < 1.29 is 38.3 Å². The van der Waals surface area contributed by atoms with Gasteiger partial charge in [0.2, 0.25) is 0 Å². The quantitative estimate of drug-likeness (QED) is 0.537. The molecule has 0 aliphatic carbocycles. The monoisotopic (exact) mass is 433 g/mol. The number of likely N-dealkylation sites (N-methyl/N-ethyl adjacent to an activating group) is 1. The minimum Gasteiger partial charge on any atom is -1.00 e. The van der Waals surface area contributed by atoms with Gasteiger partial charge in [0.25, 0.3) is 0 Å². The van der Waals surface area contributed by atoms with E-state index in [2.05, 4.69) is 40.0 Å². The van der Waals surface area contributed by atoms with Crippen molar-refractivity contribution in [3.05, 3.63) is 29.8 Å². The molecule has 1 fully saturated rings. The molecule has 1 aliphatic heterocycles. The van der Waals surface area contributed by atoms with E-state index in [1.54, 1.807) is 0 Å². The van der Waals surface area contributed by atoms with Crippen LogP contribution in [0.5, 0.6) is 5.75 Å². The van der Waals surface area contributed by atoms with Gasteiger partial charge in [0.1, 0.15) is 25.0 Å². The van der Waals surface area contributed by atoms with Gasteiger partial charge < -0.3 is 38.3 Å². The number of aliphatic hydroxyl groups excluding tert-OH is 1. The molecule has 0 radical (unpaired) electrons. The SMILES string of the molecule is CC(C)(C)c1ccc(OCC(O)C[N+]2(C)CCCCC2)cc1.[I-]. The zero-order valence-electron chi connectivity index (χ0n) is 15.0. The normalized spacial score (nSPS) is 18.8. The zero-order chi connectivity index (χ0) is 16.2. The number of hydrogen-bond acceptors (Lipinski definition) is 2. The third kappa shape index (κ3) is 6.59. The number of aliphatic hydroxyl groups is 1. The molecule has 23 heavy (non-hydrogen) atoms. The van der Waals surface area contributed by atoms with Crippen LogP contribution in [0.4, 0.5) is 0 Å². The molecule has 0 spiro atoms. The molecule has 1 unspecified atom stereocenters. The molecule has 3 nitrogen and oxygen atoms in total. The van der Waals surface area contributed by atoms with Gasteiger partial charge in [-0.3, -0.25) is 0 Å². The Morgan fingerprint density at radius 3 is 2.17 bits per heavy atom. The van der Waals surface area contributed by atoms with Crippen LogP contribution >= 0.6 is 0 Å². The second-order valence-electron chi connectivity index (χ2n) is 8.05. The highest BCUT2D eigenvalue weighted by Crippen LogP contribution is 2.24. The van der Waals surface area contributed by atoms with Crippen molar-refractivity contribution in [2.24, 2.45) is 0 Å². The summed E-state index contributed by atoms with van der Waals surface area (Å²) in [5, 5.41) is 10.3. The Morgan fingerprint density at radius 2 is 1.65 bits per heavy atom. The summed E-state index contributed by atoms with van der Waals surface area (Å²) in [5.74, 6) is 0.841. The van der Waals surface area contributed by atoms with Gasteiger partial charge in [-0.2, -0.15) is 0 Å². The number of halogens is 1. The van der Waals surface area contributed by atoms with Crippen LogP contribution in [0.1, 0.15) is 45.6 Å². The fraction of sp³-hybridized carbons (Fsp3) is 0.684. The summed E-state index contributed by atoms with van der Waals surface area (Å²) in [6.07, 6.45) is 3.49. The minimum absolute atomic E-state index is 0. The molecule has 132 valence electrons. The van der Waals surface area contributed by atoms with Crippen LogP contribution in [0.25, 0.3) is 0 Å². The van der Waals surface area contributed by atoms with Crippen molar-refractivity contribution >= 4 is 0 Å². The van der Waals surface area contributed by atoms with Crippen LogP contribution in [0, 0.1) is 0 Å². The Bertz CT molecular complexity index is 461. The van der Waals surface area contributed by atoms with Gasteiger partial charge >= 0.3 is 0 Å². The van der Waals surface area contributed by atoms with Gasteiger partial charge in [0.15, 0.2) is 0 Å². The van der Waals surface area contributed by atoms with Gasteiger partial charge in [0, 0.05) is 0 Å². The molecule has 1 aliphatic rings. The number of nitrogens with zero attached hydrogens (tertiary/aromatic N) is 1. The first-order chi connectivity index (χ1) is 10.3.